The van der Waals surface area contributed by atoms with Gasteiger partial charge in [-0.3, -0.25) is 9.80 Å². The second-order valence-electron chi connectivity index (χ2n) is 8.68. The third-order valence-electron chi connectivity index (χ3n) is 6.01. The first-order valence-corrected chi connectivity index (χ1v) is 12.9. The predicted octanol–water partition coefficient (Wildman–Crippen LogP) is 5.12. The van der Waals surface area contributed by atoms with Crippen LogP contribution in [0, 0.1) is 0 Å². The van der Waals surface area contributed by atoms with Crippen molar-refractivity contribution in [2.24, 2.45) is 0 Å². The Morgan fingerprint density at radius 1 is 0.529 bits per heavy atom. The zero-order chi connectivity index (χ0) is 23.8. The standard InChI is InChI=1S/C28H42N2O4/c1-3-5-15-29-17-21-31-25-11-7-9-13-27(25)33-23-19-30(16-6-4-2)20-24-34-28-14-10-8-12-26(28)32-22-18-29/h7-14H,3-6,15-24H2,1-2H3. The molecule has 6 heteroatoms. The van der Waals surface area contributed by atoms with Gasteiger partial charge in [-0.2, -0.15) is 0 Å². The average molecular weight is 471 g/mol. The van der Waals surface area contributed by atoms with Gasteiger partial charge in [-0.15, -0.1) is 0 Å². The topological polar surface area (TPSA) is 43.4 Å². The molecule has 0 saturated carbocycles. The van der Waals surface area contributed by atoms with E-state index in [1.54, 1.807) is 0 Å². The van der Waals surface area contributed by atoms with Crippen molar-refractivity contribution < 1.29 is 18.9 Å². The molecule has 0 bridgehead atoms. The van der Waals surface area contributed by atoms with Gasteiger partial charge in [0.15, 0.2) is 23.0 Å². The summed E-state index contributed by atoms with van der Waals surface area (Å²) in [5, 5.41) is 0. The van der Waals surface area contributed by atoms with Crippen molar-refractivity contribution in [3.05, 3.63) is 48.5 Å². The minimum atomic E-state index is 0.617. The van der Waals surface area contributed by atoms with E-state index in [0.29, 0.717) is 26.4 Å². The van der Waals surface area contributed by atoms with Crippen molar-refractivity contribution >= 4 is 0 Å². The van der Waals surface area contributed by atoms with E-state index in [4.69, 9.17) is 18.9 Å². The Balaban J connectivity index is 1.70. The highest BCUT2D eigenvalue weighted by Crippen LogP contribution is 2.27. The molecule has 0 amide bonds. The minimum Gasteiger partial charge on any atom is -0.488 e. The number of hydrogen-bond donors (Lipinski definition) is 0. The summed E-state index contributed by atoms with van der Waals surface area (Å²) in [4.78, 5) is 4.82. The Morgan fingerprint density at radius 2 is 0.824 bits per heavy atom. The molecule has 0 aromatic heterocycles. The number of ether oxygens (including phenoxy) is 4. The molecule has 0 radical (unpaired) electrons. The molecule has 34 heavy (non-hydrogen) atoms. The fraction of sp³-hybridized carbons (Fsp3) is 0.571. The molecule has 0 aliphatic carbocycles. The summed E-state index contributed by atoms with van der Waals surface area (Å²) in [6.07, 6.45) is 4.66. The lowest BCUT2D eigenvalue weighted by Gasteiger charge is -2.25. The van der Waals surface area contributed by atoms with Crippen LogP contribution in [0.3, 0.4) is 0 Å². The molecule has 0 N–H and O–H groups in total. The van der Waals surface area contributed by atoms with Crippen LogP contribution in [0.2, 0.25) is 0 Å². The number of unbranched alkanes of at least 4 members (excludes halogenated alkanes) is 2. The maximum Gasteiger partial charge on any atom is 0.161 e. The molecule has 1 aliphatic rings. The molecule has 1 heterocycles. The van der Waals surface area contributed by atoms with Crippen LogP contribution in [0.25, 0.3) is 0 Å². The normalized spacial score (nSPS) is 17.0. The highest BCUT2D eigenvalue weighted by atomic mass is 16.5. The van der Waals surface area contributed by atoms with Crippen LogP contribution in [0.5, 0.6) is 23.0 Å². The zero-order valence-electron chi connectivity index (χ0n) is 21.0. The number of para-hydroxylation sites is 4. The fourth-order valence-corrected chi connectivity index (χ4v) is 3.95. The lowest BCUT2D eigenvalue weighted by atomic mass is 10.3. The minimum absolute atomic E-state index is 0.617. The zero-order valence-corrected chi connectivity index (χ0v) is 21.0. The summed E-state index contributed by atoms with van der Waals surface area (Å²) in [5.41, 5.74) is 0. The molecule has 188 valence electrons. The summed E-state index contributed by atoms with van der Waals surface area (Å²) in [7, 11) is 0. The Kier molecular flexibility index (Phi) is 11.9. The molecule has 2 aromatic carbocycles. The quantitative estimate of drug-likeness (QED) is 0.584. The number of fused-ring (bicyclic) bond motifs is 2. The van der Waals surface area contributed by atoms with Crippen molar-refractivity contribution in [1.82, 2.24) is 9.80 Å². The van der Waals surface area contributed by atoms with Crippen molar-refractivity contribution in [2.45, 2.75) is 39.5 Å². The van der Waals surface area contributed by atoms with E-state index in [-0.39, 0.29) is 0 Å². The van der Waals surface area contributed by atoms with Gasteiger partial charge in [-0.05, 0) is 50.2 Å². The highest BCUT2D eigenvalue weighted by Gasteiger charge is 2.12. The summed E-state index contributed by atoms with van der Waals surface area (Å²) < 4.78 is 24.6. The molecule has 1 aliphatic heterocycles. The lowest BCUT2D eigenvalue weighted by molar-refractivity contribution is 0.153. The van der Waals surface area contributed by atoms with Gasteiger partial charge in [0.05, 0.1) is 0 Å². The molecule has 0 unspecified atom stereocenters. The summed E-state index contributed by atoms with van der Waals surface area (Å²) in [5.74, 6) is 3.25. The first-order valence-electron chi connectivity index (χ1n) is 12.9. The van der Waals surface area contributed by atoms with Gasteiger partial charge in [0.2, 0.25) is 0 Å². The van der Waals surface area contributed by atoms with E-state index < -0.39 is 0 Å². The summed E-state index contributed by atoms with van der Waals surface area (Å²) >= 11 is 0. The molecular weight excluding hydrogens is 428 g/mol. The molecule has 0 fully saturated rings. The van der Waals surface area contributed by atoms with E-state index >= 15 is 0 Å². The van der Waals surface area contributed by atoms with Crippen molar-refractivity contribution in [3.8, 4) is 23.0 Å². The molecule has 0 atom stereocenters. The molecule has 3 rings (SSSR count). The second-order valence-corrected chi connectivity index (χ2v) is 8.68. The monoisotopic (exact) mass is 470 g/mol. The first-order chi connectivity index (χ1) is 16.8. The van der Waals surface area contributed by atoms with Crippen LogP contribution in [-0.2, 0) is 0 Å². The lowest BCUT2D eigenvalue weighted by Crippen LogP contribution is -2.34. The van der Waals surface area contributed by atoms with Crippen LogP contribution in [0.4, 0.5) is 0 Å². The molecule has 6 nitrogen and oxygen atoms in total. The smallest absolute Gasteiger partial charge is 0.161 e. The van der Waals surface area contributed by atoms with Crippen molar-refractivity contribution in [2.75, 3.05) is 65.7 Å². The maximum atomic E-state index is 6.15. The summed E-state index contributed by atoms with van der Waals surface area (Å²) in [6, 6.07) is 16.0. The Hall–Kier alpha value is -2.44. The molecule has 0 spiro atoms. The number of hydrogen-bond acceptors (Lipinski definition) is 6. The predicted molar refractivity (Wildman–Crippen MR) is 138 cm³/mol. The second kappa shape index (κ2) is 15.5. The van der Waals surface area contributed by atoms with Gasteiger partial charge >= 0.3 is 0 Å². The molecule has 2 aromatic rings. The van der Waals surface area contributed by atoms with Crippen LogP contribution < -0.4 is 18.9 Å². The van der Waals surface area contributed by atoms with E-state index in [0.717, 1.165) is 75.1 Å². The van der Waals surface area contributed by atoms with Crippen LogP contribution in [0.15, 0.2) is 48.5 Å². The highest BCUT2D eigenvalue weighted by molar-refractivity contribution is 5.40. The Bertz CT molecular complexity index is 691. The van der Waals surface area contributed by atoms with E-state index in [9.17, 15) is 0 Å². The Morgan fingerprint density at radius 3 is 1.09 bits per heavy atom. The largest absolute Gasteiger partial charge is 0.488 e. The maximum absolute atomic E-state index is 6.15. The first kappa shape index (κ1) is 26.2. The average Bonchev–Trinajstić information content (AvgIpc) is 2.86. The third kappa shape index (κ3) is 9.07. The molecular formula is C28H42N2O4. The van der Waals surface area contributed by atoms with Gasteiger partial charge in [0.25, 0.3) is 0 Å². The van der Waals surface area contributed by atoms with E-state index in [1.807, 2.05) is 48.5 Å². The van der Waals surface area contributed by atoms with E-state index in [2.05, 4.69) is 23.6 Å². The van der Waals surface area contributed by atoms with Gasteiger partial charge < -0.3 is 18.9 Å². The van der Waals surface area contributed by atoms with Gasteiger partial charge in [0.1, 0.15) is 26.4 Å². The van der Waals surface area contributed by atoms with E-state index in [1.165, 1.54) is 12.8 Å². The molecule has 0 saturated heterocycles. The Labute approximate surface area is 205 Å². The van der Waals surface area contributed by atoms with Gasteiger partial charge in [-0.1, -0.05) is 51.0 Å². The number of nitrogens with zero attached hydrogens (tertiary/aromatic N) is 2. The number of rotatable bonds is 6. The van der Waals surface area contributed by atoms with Crippen LogP contribution in [0.1, 0.15) is 39.5 Å². The van der Waals surface area contributed by atoms with Crippen LogP contribution >= 0.6 is 0 Å². The van der Waals surface area contributed by atoms with Gasteiger partial charge in [0, 0.05) is 26.2 Å². The SMILES string of the molecule is CCCCN1CCOc2ccccc2OCCN(CCCC)CCOc2ccccc2OCC1. The fourth-order valence-electron chi connectivity index (χ4n) is 3.95. The summed E-state index contributed by atoms with van der Waals surface area (Å²) in [6.45, 7) is 12.4. The number of benzene rings is 2. The van der Waals surface area contributed by atoms with Crippen molar-refractivity contribution in [1.29, 1.82) is 0 Å². The van der Waals surface area contributed by atoms with Gasteiger partial charge in [-0.25, -0.2) is 0 Å². The van der Waals surface area contributed by atoms with Crippen molar-refractivity contribution in [3.63, 3.8) is 0 Å². The van der Waals surface area contributed by atoms with Crippen LogP contribution in [-0.4, -0.2) is 75.5 Å². The third-order valence-corrected chi connectivity index (χ3v) is 6.01.